The lowest BCUT2D eigenvalue weighted by atomic mass is 10.1. The van der Waals surface area contributed by atoms with E-state index in [-0.39, 0.29) is 24.5 Å². The predicted molar refractivity (Wildman–Crippen MR) is 86.0 cm³/mol. The number of fused-ring (bicyclic) bond motifs is 2. The lowest BCUT2D eigenvalue weighted by Gasteiger charge is -2.23. The van der Waals surface area contributed by atoms with Crippen LogP contribution in [0.2, 0.25) is 0 Å². The molecule has 1 atom stereocenters. The summed E-state index contributed by atoms with van der Waals surface area (Å²) in [5.74, 6) is 1.10. The monoisotopic (exact) mass is 331 g/mol. The summed E-state index contributed by atoms with van der Waals surface area (Å²) in [6, 6.07) is 10.3. The number of anilines is 1. The fourth-order valence-electron chi connectivity index (χ4n) is 2.29. The molecule has 7 nitrogen and oxygen atoms in total. The van der Waals surface area contributed by atoms with Gasteiger partial charge in [0.2, 0.25) is 0 Å². The van der Waals surface area contributed by atoms with Gasteiger partial charge in [0.05, 0.1) is 19.8 Å². The minimum absolute atomic E-state index is 0.118. The quantitative estimate of drug-likeness (QED) is 0.616. The first-order valence-electron chi connectivity index (χ1n) is 7.36. The van der Waals surface area contributed by atoms with Crippen molar-refractivity contribution in [3.05, 3.63) is 42.0 Å². The summed E-state index contributed by atoms with van der Waals surface area (Å²) in [5.41, 5.74) is 0.732. The summed E-state index contributed by atoms with van der Waals surface area (Å²) >= 11 is 0. The van der Waals surface area contributed by atoms with Crippen LogP contribution in [0.5, 0.6) is 23.0 Å². The standard InChI is InChI=1S/C17H17NO6/c1-22-17(21)12-6-10(18-8-11(20)9-19)7-15-16(12)24-14-5-3-2-4-13(14)23-15/h2-7,11,18-20H,8-9H2,1H3. The number of benzene rings is 2. The molecule has 1 heterocycles. The molecule has 0 saturated carbocycles. The molecule has 0 bridgehead atoms. The SMILES string of the molecule is COC(=O)c1cc(NCC(O)CO)cc2c1Oc1ccccc1O2. The third-order valence-electron chi connectivity index (χ3n) is 3.49. The Bertz CT molecular complexity index is 761. The topological polar surface area (TPSA) is 97.3 Å². The summed E-state index contributed by atoms with van der Waals surface area (Å²) in [5, 5.41) is 21.3. The number of carbonyl (C=O) groups excluding carboxylic acids is 1. The van der Waals surface area contributed by atoms with Gasteiger partial charge in [-0.2, -0.15) is 0 Å². The third kappa shape index (κ3) is 3.12. The highest BCUT2D eigenvalue weighted by Crippen LogP contribution is 2.48. The zero-order valence-corrected chi connectivity index (χ0v) is 13.0. The second kappa shape index (κ2) is 6.77. The minimum Gasteiger partial charge on any atom is -0.465 e. The van der Waals surface area contributed by atoms with Gasteiger partial charge in [-0.1, -0.05) is 12.1 Å². The van der Waals surface area contributed by atoms with Crippen LogP contribution in [0.1, 0.15) is 10.4 Å². The lowest BCUT2D eigenvalue weighted by molar-refractivity contribution is 0.0597. The zero-order valence-electron chi connectivity index (χ0n) is 13.0. The first-order valence-corrected chi connectivity index (χ1v) is 7.36. The molecule has 7 heteroatoms. The van der Waals surface area contributed by atoms with E-state index in [9.17, 15) is 9.90 Å². The fraction of sp³-hybridized carbons (Fsp3) is 0.235. The van der Waals surface area contributed by atoms with Gasteiger partial charge in [-0.25, -0.2) is 4.79 Å². The zero-order chi connectivity index (χ0) is 17.1. The minimum atomic E-state index is -0.916. The van der Waals surface area contributed by atoms with E-state index in [2.05, 4.69) is 5.32 Å². The van der Waals surface area contributed by atoms with E-state index < -0.39 is 12.1 Å². The number of carbonyl (C=O) groups is 1. The van der Waals surface area contributed by atoms with Crippen molar-refractivity contribution >= 4 is 11.7 Å². The van der Waals surface area contributed by atoms with Gasteiger partial charge in [0.25, 0.3) is 0 Å². The van der Waals surface area contributed by atoms with Crippen molar-refractivity contribution in [2.75, 3.05) is 25.6 Å². The molecular weight excluding hydrogens is 314 g/mol. The average molecular weight is 331 g/mol. The maximum atomic E-state index is 12.1. The van der Waals surface area contributed by atoms with Crippen molar-refractivity contribution in [3.8, 4) is 23.0 Å². The lowest BCUT2D eigenvalue weighted by Crippen LogP contribution is -2.23. The summed E-state index contributed by atoms with van der Waals surface area (Å²) in [6.45, 7) is -0.248. The van der Waals surface area contributed by atoms with Crippen LogP contribution in [0.25, 0.3) is 0 Å². The largest absolute Gasteiger partial charge is 0.465 e. The van der Waals surface area contributed by atoms with Crippen molar-refractivity contribution in [2.24, 2.45) is 0 Å². The molecule has 2 aromatic rings. The van der Waals surface area contributed by atoms with E-state index >= 15 is 0 Å². The molecule has 0 fully saturated rings. The van der Waals surface area contributed by atoms with E-state index in [1.807, 2.05) is 6.07 Å². The van der Waals surface area contributed by atoms with E-state index in [0.717, 1.165) is 0 Å². The van der Waals surface area contributed by atoms with Crippen molar-refractivity contribution in [3.63, 3.8) is 0 Å². The molecule has 0 spiro atoms. The van der Waals surface area contributed by atoms with Gasteiger partial charge in [-0.05, 0) is 18.2 Å². The normalized spacial score (nSPS) is 13.0. The summed E-state index contributed by atoms with van der Waals surface area (Å²) in [4.78, 5) is 12.1. The molecule has 126 valence electrons. The Morgan fingerprint density at radius 2 is 1.92 bits per heavy atom. The Morgan fingerprint density at radius 3 is 2.58 bits per heavy atom. The first kappa shape index (κ1) is 16.1. The number of hydrogen-bond donors (Lipinski definition) is 3. The van der Waals surface area contributed by atoms with Crippen molar-refractivity contribution in [1.82, 2.24) is 0 Å². The third-order valence-corrected chi connectivity index (χ3v) is 3.49. The van der Waals surface area contributed by atoms with Crippen LogP contribution < -0.4 is 14.8 Å². The number of para-hydroxylation sites is 2. The molecular formula is C17H17NO6. The van der Waals surface area contributed by atoms with E-state index in [0.29, 0.717) is 22.9 Å². The highest BCUT2D eigenvalue weighted by atomic mass is 16.6. The molecule has 3 rings (SSSR count). The molecule has 2 aromatic carbocycles. The molecule has 1 aliphatic rings. The summed E-state index contributed by atoms with van der Waals surface area (Å²) in [7, 11) is 1.28. The van der Waals surface area contributed by atoms with Gasteiger partial charge in [-0.15, -0.1) is 0 Å². The van der Waals surface area contributed by atoms with Crippen molar-refractivity contribution in [2.45, 2.75) is 6.10 Å². The van der Waals surface area contributed by atoms with Gasteiger partial charge < -0.3 is 29.7 Å². The van der Waals surface area contributed by atoms with Crippen LogP contribution in [-0.2, 0) is 4.74 Å². The fourth-order valence-corrected chi connectivity index (χ4v) is 2.29. The molecule has 0 aliphatic carbocycles. The Kier molecular flexibility index (Phi) is 4.54. The van der Waals surface area contributed by atoms with Gasteiger partial charge in [0.1, 0.15) is 5.56 Å². The van der Waals surface area contributed by atoms with Crippen molar-refractivity contribution in [1.29, 1.82) is 0 Å². The Labute approximate surface area is 138 Å². The van der Waals surface area contributed by atoms with Crippen molar-refractivity contribution < 1.29 is 29.2 Å². The molecule has 1 aliphatic heterocycles. The number of rotatable bonds is 5. The number of nitrogens with one attached hydrogen (secondary N) is 1. The van der Waals surface area contributed by atoms with E-state index in [1.165, 1.54) is 7.11 Å². The first-order chi connectivity index (χ1) is 11.6. The molecule has 24 heavy (non-hydrogen) atoms. The number of ether oxygens (including phenoxy) is 3. The molecule has 3 N–H and O–H groups in total. The highest BCUT2D eigenvalue weighted by Gasteiger charge is 2.26. The number of methoxy groups -OCH3 is 1. The number of esters is 1. The Hall–Kier alpha value is -2.77. The number of hydrogen-bond acceptors (Lipinski definition) is 7. The average Bonchev–Trinajstić information content (AvgIpc) is 2.63. The highest BCUT2D eigenvalue weighted by molar-refractivity contribution is 5.95. The summed E-state index contributed by atoms with van der Waals surface area (Å²) in [6.07, 6.45) is -0.916. The second-order valence-electron chi connectivity index (χ2n) is 5.21. The Balaban J connectivity index is 1.97. The van der Waals surface area contributed by atoms with Gasteiger partial charge in [-0.3, -0.25) is 0 Å². The predicted octanol–water partition coefficient (Wildman–Crippen LogP) is 2.14. The number of aliphatic hydroxyl groups is 2. The summed E-state index contributed by atoms with van der Waals surface area (Å²) < 4.78 is 16.4. The van der Waals surface area contributed by atoms with Gasteiger partial charge in [0, 0.05) is 18.3 Å². The van der Waals surface area contributed by atoms with Crippen LogP contribution in [-0.4, -0.2) is 42.5 Å². The van der Waals surface area contributed by atoms with Crippen LogP contribution in [0.3, 0.4) is 0 Å². The smallest absolute Gasteiger partial charge is 0.341 e. The van der Waals surface area contributed by atoms with Crippen LogP contribution >= 0.6 is 0 Å². The maximum Gasteiger partial charge on any atom is 0.341 e. The molecule has 0 amide bonds. The van der Waals surface area contributed by atoms with Crippen LogP contribution in [0.4, 0.5) is 5.69 Å². The van der Waals surface area contributed by atoms with Crippen LogP contribution in [0, 0.1) is 0 Å². The van der Waals surface area contributed by atoms with E-state index in [1.54, 1.807) is 30.3 Å². The second-order valence-corrected chi connectivity index (χ2v) is 5.21. The molecule has 0 radical (unpaired) electrons. The number of aliphatic hydroxyl groups excluding tert-OH is 2. The Morgan fingerprint density at radius 1 is 1.21 bits per heavy atom. The van der Waals surface area contributed by atoms with Gasteiger partial charge >= 0.3 is 5.97 Å². The van der Waals surface area contributed by atoms with Gasteiger partial charge in [0.15, 0.2) is 23.0 Å². The molecule has 0 saturated heterocycles. The van der Waals surface area contributed by atoms with E-state index in [4.69, 9.17) is 19.3 Å². The van der Waals surface area contributed by atoms with Crippen LogP contribution in [0.15, 0.2) is 36.4 Å². The molecule has 1 unspecified atom stereocenters. The molecule has 0 aromatic heterocycles. The maximum absolute atomic E-state index is 12.1.